The van der Waals surface area contributed by atoms with Gasteiger partial charge >= 0.3 is 0 Å². The summed E-state index contributed by atoms with van der Waals surface area (Å²) in [5.41, 5.74) is 0.789. The summed E-state index contributed by atoms with van der Waals surface area (Å²) in [5, 5.41) is 0. The molecule has 1 heterocycles. The molecule has 1 aromatic rings. The summed E-state index contributed by atoms with van der Waals surface area (Å²) in [4.78, 5) is 15.3. The summed E-state index contributed by atoms with van der Waals surface area (Å²) in [7, 11) is 0. The first-order chi connectivity index (χ1) is 7.20. The van der Waals surface area contributed by atoms with E-state index in [4.69, 9.17) is 0 Å². The maximum atomic E-state index is 11.6. The predicted octanol–water partition coefficient (Wildman–Crippen LogP) is 2.10. The fourth-order valence-electron chi connectivity index (χ4n) is 2.42. The number of aryl methyl sites for hydroxylation is 1. The van der Waals surface area contributed by atoms with Crippen LogP contribution in [0.15, 0.2) is 11.0 Å². The second-order valence-electron chi connectivity index (χ2n) is 4.47. The van der Waals surface area contributed by atoms with Crippen molar-refractivity contribution in [3.63, 3.8) is 0 Å². The van der Waals surface area contributed by atoms with Crippen LogP contribution in [-0.4, -0.2) is 9.55 Å². The molecule has 0 bridgehead atoms. The van der Waals surface area contributed by atoms with Crippen LogP contribution in [0.4, 0.5) is 0 Å². The van der Waals surface area contributed by atoms with E-state index in [1.165, 1.54) is 12.8 Å². The van der Waals surface area contributed by atoms with Gasteiger partial charge in [0.15, 0.2) is 0 Å². The minimum Gasteiger partial charge on any atom is -0.402 e. The van der Waals surface area contributed by atoms with Crippen molar-refractivity contribution >= 4 is 0 Å². The summed E-state index contributed by atoms with van der Waals surface area (Å²) in [5.74, 6) is 0.784. The predicted molar refractivity (Wildman–Crippen MR) is 58.7 cm³/mol. The molecule has 1 aliphatic rings. The molecule has 0 aliphatic heterocycles. The largest absolute Gasteiger partial charge is 0.402 e. The third-order valence-corrected chi connectivity index (χ3v) is 3.37. The Morgan fingerprint density at radius 2 is 2.31 bits per heavy atom. The number of nitrogens with zero attached hydrogens (tertiary/aromatic N) is 2. The van der Waals surface area contributed by atoms with Crippen LogP contribution in [0.25, 0.3) is 0 Å². The molecule has 0 spiro atoms. The second-order valence-corrected chi connectivity index (χ2v) is 4.47. The van der Waals surface area contributed by atoms with Crippen molar-refractivity contribution in [2.24, 2.45) is 5.92 Å². The molecule has 1 saturated carbocycles. The Balaban J connectivity index is 0.00000128. The Morgan fingerprint density at radius 3 is 2.94 bits per heavy atom. The molecular formula is C12H17N2OY-. The Hall–Kier alpha value is -0.0161. The van der Waals surface area contributed by atoms with Gasteiger partial charge in [0.2, 0.25) is 5.69 Å². The minimum atomic E-state index is -0.151. The first-order valence-corrected chi connectivity index (χ1v) is 5.68. The summed E-state index contributed by atoms with van der Waals surface area (Å²) in [6.45, 7) is 4.15. The normalized spacial score (nSPS) is 24.1. The fraction of sp³-hybridized carbons (Fsp3) is 0.667. The van der Waals surface area contributed by atoms with Crippen molar-refractivity contribution in [2.45, 2.75) is 45.6 Å². The Labute approximate surface area is 122 Å². The third-order valence-electron chi connectivity index (χ3n) is 3.37. The van der Waals surface area contributed by atoms with Crippen LogP contribution in [0.2, 0.25) is 0 Å². The molecule has 4 heteroatoms. The van der Waals surface area contributed by atoms with Crippen LogP contribution in [0, 0.1) is 19.0 Å². The molecule has 2 rings (SSSR count). The Bertz CT molecular complexity index is 402. The molecule has 16 heavy (non-hydrogen) atoms. The molecule has 1 fully saturated rings. The number of rotatable bonds is 2. The van der Waals surface area contributed by atoms with Crippen molar-refractivity contribution in [3.8, 4) is 0 Å². The summed E-state index contributed by atoms with van der Waals surface area (Å²) in [6, 6.07) is 0.364. The zero-order valence-electron chi connectivity index (χ0n) is 9.94. The molecule has 0 saturated heterocycles. The monoisotopic (exact) mass is 294 g/mol. The van der Waals surface area contributed by atoms with Gasteiger partial charge in [-0.3, -0.25) is 0 Å². The maximum Gasteiger partial charge on any atom is 0.230 e. The average molecular weight is 294 g/mol. The molecule has 3 nitrogen and oxygen atoms in total. The SMILES string of the molecule is CC[C@H]1CC[C@@H](n2cc(C)[c-]nc2=O)C1.[Y]. The molecule has 0 unspecified atom stereocenters. The van der Waals surface area contributed by atoms with Crippen molar-refractivity contribution in [1.82, 2.24) is 9.55 Å². The van der Waals surface area contributed by atoms with Crippen molar-refractivity contribution < 1.29 is 32.7 Å². The number of hydrogen-bond donors (Lipinski definition) is 0. The van der Waals surface area contributed by atoms with Crippen molar-refractivity contribution in [1.29, 1.82) is 0 Å². The zero-order valence-corrected chi connectivity index (χ0v) is 12.8. The van der Waals surface area contributed by atoms with Gasteiger partial charge in [-0.05, 0) is 25.2 Å². The molecule has 1 aromatic heterocycles. The molecule has 2 atom stereocenters. The molecular weight excluding hydrogens is 277 g/mol. The van der Waals surface area contributed by atoms with Crippen LogP contribution in [0.3, 0.4) is 0 Å². The van der Waals surface area contributed by atoms with E-state index < -0.39 is 0 Å². The summed E-state index contributed by atoms with van der Waals surface area (Å²) in [6.07, 6.45) is 9.29. The van der Waals surface area contributed by atoms with Crippen molar-refractivity contribution in [3.05, 3.63) is 28.4 Å². The van der Waals surface area contributed by atoms with Crippen LogP contribution >= 0.6 is 0 Å². The fourth-order valence-corrected chi connectivity index (χ4v) is 2.42. The van der Waals surface area contributed by atoms with Crippen LogP contribution < -0.4 is 5.69 Å². The third kappa shape index (κ3) is 3.01. The Kier molecular flexibility index (Phi) is 5.32. The van der Waals surface area contributed by atoms with E-state index in [2.05, 4.69) is 18.1 Å². The molecule has 1 aliphatic carbocycles. The van der Waals surface area contributed by atoms with E-state index >= 15 is 0 Å². The topological polar surface area (TPSA) is 34.9 Å². The first kappa shape index (κ1) is 14.0. The molecule has 0 amide bonds. The van der Waals surface area contributed by atoms with Gasteiger partial charge in [-0.2, -0.15) is 0 Å². The first-order valence-electron chi connectivity index (χ1n) is 5.68. The quantitative estimate of drug-likeness (QED) is 0.783. The van der Waals surface area contributed by atoms with Gasteiger partial charge in [-0.15, -0.1) is 5.56 Å². The average Bonchev–Trinajstić information content (AvgIpc) is 2.70. The van der Waals surface area contributed by atoms with E-state index in [0.29, 0.717) is 6.04 Å². The van der Waals surface area contributed by atoms with E-state index in [9.17, 15) is 4.79 Å². The smallest absolute Gasteiger partial charge is 0.230 e. The van der Waals surface area contributed by atoms with Gasteiger partial charge in [0.05, 0.1) is 0 Å². The second kappa shape index (κ2) is 6.06. The molecule has 0 N–H and O–H groups in total. The zero-order chi connectivity index (χ0) is 10.8. The van der Waals surface area contributed by atoms with Gasteiger partial charge < -0.3 is 14.3 Å². The maximum absolute atomic E-state index is 11.6. The molecule has 85 valence electrons. The van der Waals surface area contributed by atoms with Crippen LogP contribution in [-0.2, 0) is 32.7 Å². The molecule has 0 aromatic carbocycles. The number of aromatic nitrogens is 2. The van der Waals surface area contributed by atoms with Crippen LogP contribution in [0.5, 0.6) is 0 Å². The molecule has 1 radical (unpaired) electrons. The van der Waals surface area contributed by atoms with Gasteiger partial charge in [0.25, 0.3) is 0 Å². The van der Waals surface area contributed by atoms with Gasteiger partial charge in [-0.25, -0.2) is 0 Å². The van der Waals surface area contributed by atoms with Gasteiger partial charge in [0.1, 0.15) is 0 Å². The minimum absolute atomic E-state index is 0. The van der Waals surface area contributed by atoms with E-state index in [1.54, 1.807) is 4.57 Å². The summed E-state index contributed by atoms with van der Waals surface area (Å²) >= 11 is 0. The van der Waals surface area contributed by atoms with Crippen LogP contribution in [0.1, 0.15) is 44.2 Å². The van der Waals surface area contributed by atoms with E-state index in [1.807, 2.05) is 13.1 Å². The van der Waals surface area contributed by atoms with E-state index in [0.717, 1.165) is 24.3 Å². The van der Waals surface area contributed by atoms with E-state index in [-0.39, 0.29) is 38.4 Å². The van der Waals surface area contributed by atoms with Gasteiger partial charge in [-0.1, -0.05) is 32.7 Å². The van der Waals surface area contributed by atoms with Gasteiger partial charge in [0, 0.05) is 38.8 Å². The standard InChI is InChI=1S/C12H17N2O.Y/c1-3-10-4-5-11(6-10)14-8-9(2)7-13-12(14)15;/h8,10-11H,3-6H2,1-2H3;/q-1;/t10-,11+;/m0./s1. The number of hydrogen-bond acceptors (Lipinski definition) is 2. The van der Waals surface area contributed by atoms with Crippen molar-refractivity contribution in [2.75, 3.05) is 0 Å². The summed E-state index contributed by atoms with van der Waals surface area (Å²) < 4.78 is 1.79. The Morgan fingerprint density at radius 1 is 1.56 bits per heavy atom.